The summed E-state index contributed by atoms with van der Waals surface area (Å²) in [6.45, 7) is 2.20. The Morgan fingerprint density at radius 2 is 1.89 bits per heavy atom. The summed E-state index contributed by atoms with van der Waals surface area (Å²) < 4.78 is 1.13. The zero-order chi connectivity index (χ0) is 13.7. The normalized spacial score (nSPS) is 12.4. The van der Waals surface area contributed by atoms with E-state index < -0.39 is 0 Å². The minimum atomic E-state index is 0.0514. The maximum Gasteiger partial charge on any atom is 0.0336 e. The van der Waals surface area contributed by atoms with Crippen LogP contribution in [0.4, 0.5) is 0 Å². The molecule has 0 aliphatic rings. The van der Waals surface area contributed by atoms with Crippen molar-refractivity contribution in [2.24, 2.45) is 5.73 Å². The van der Waals surface area contributed by atoms with Gasteiger partial charge in [-0.15, -0.1) is 0 Å². The average molecular weight is 318 g/mol. The highest BCUT2D eigenvalue weighted by Crippen LogP contribution is 2.23. The first-order valence-electron chi connectivity index (χ1n) is 6.78. The lowest BCUT2D eigenvalue weighted by Gasteiger charge is -2.14. The fourth-order valence-electron chi connectivity index (χ4n) is 2.29. The van der Waals surface area contributed by atoms with Gasteiger partial charge in [-0.25, -0.2) is 0 Å². The summed E-state index contributed by atoms with van der Waals surface area (Å²) in [4.78, 5) is 0. The van der Waals surface area contributed by atoms with Crippen molar-refractivity contribution in [2.45, 2.75) is 32.2 Å². The number of hydrogen-bond acceptors (Lipinski definition) is 1. The molecule has 2 aromatic rings. The van der Waals surface area contributed by atoms with Crippen LogP contribution in [0.3, 0.4) is 0 Å². The third-order valence-corrected chi connectivity index (χ3v) is 4.09. The lowest BCUT2D eigenvalue weighted by atomic mass is 9.97. The van der Waals surface area contributed by atoms with Gasteiger partial charge in [-0.2, -0.15) is 0 Å². The minimum Gasteiger partial charge on any atom is -0.324 e. The summed E-state index contributed by atoms with van der Waals surface area (Å²) in [6, 6.07) is 17.0. The van der Waals surface area contributed by atoms with Crippen LogP contribution in [0, 0.1) is 0 Å². The molecule has 1 unspecified atom stereocenters. The van der Waals surface area contributed by atoms with E-state index >= 15 is 0 Å². The van der Waals surface area contributed by atoms with E-state index in [-0.39, 0.29) is 6.04 Å². The van der Waals surface area contributed by atoms with Crippen LogP contribution < -0.4 is 5.73 Å². The molecule has 0 aliphatic carbocycles. The molecule has 1 atom stereocenters. The van der Waals surface area contributed by atoms with Crippen LogP contribution in [0.5, 0.6) is 0 Å². The first-order valence-corrected chi connectivity index (χ1v) is 7.58. The van der Waals surface area contributed by atoms with Gasteiger partial charge in [0.15, 0.2) is 0 Å². The monoisotopic (exact) mass is 317 g/mol. The molecule has 1 nitrogen and oxygen atoms in total. The van der Waals surface area contributed by atoms with E-state index in [0.29, 0.717) is 0 Å². The van der Waals surface area contributed by atoms with E-state index in [1.807, 2.05) is 6.07 Å². The van der Waals surface area contributed by atoms with Crippen LogP contribution in [-0.4, -0.2) is 0 Å². The standard InChI is InChI=1S/C17H20BrN/c1-2-6-13-7-5-9-15(11-13)17(19)12-14-8-3-4-10-16(14)18/h3-5,7-11,17H,2,6,12,19H2,1H3. The molecule has 0 saturated heterocycles. The third-order valence-electron chi connectivity index (χ3n) is 3.32. The van der Waals surface area contributed by atoms with Gasteiger partial charge >= 0.3 is 0 Å². The number of rotatable bonds is 5. The number of hydrogen-bond donors (Lipinski definition) is 1. The predicted octanol–water partition coefficient (Wildman–Crippen LogP) is 4.64. The van der Waals surface area contributed by atoms with Crippen molar-refractivity contribution in [3.8, 4) is 0 Å². The summed E-state index contributed by atoms with van der Waals surface area (Å²) in [6.07, 6.45) is 3.15. The van der Waals surface area contributed by atoms with Gasteiger partial charge in [0.2, 0.25) is 0 Å². The molecule has 0 spiro atoms. The summed E-state index contributed by atoms with van der Waals surface area (Å²) in [5, 5.41) is 0. The van der Waals surface area contributed by atoms with Crippen LogP contribution in [0.1, 0.15) is 36.1 Å². The molecule has 2 N–H and O–H groups in total. The molecule has 0 fully saturated rings. The highest BCUT2D eigenvalue weighted by atomic mass is 79.9. The van der Waals surface area contributed by atoms with Gasteiger partial charge < -0.3 is 5.73 Å². The molecule has 0 bridgehead atoms. The van der Waals surface area contributed by atoms with Crippen LogP contribution in [0.25, 0.3) is 0 Å². The Kier molecular flexibility index (Phi) is 5.17. The Bertz CT molecular complexity index is 536. The molecule has 0 aliphatic heterocycles. The maximum atomic E-state index is 6.34. The third kappa shape index (κ3) is 3.92. The highest BCUT2D eigenvalue weighted by molar-refractivity contribution is 9.10. The molecule has 0 heterocycles. The van der Waals surface area contributed by atoms with E-state index in [4.69, 9.17) is 5.73 Å². The van der Waals surface area contributed by atoms with Crippen molar-refractivity contribution >= 4 is 15.9 Å². The molecule has 0 saturated carbocycles. The zero-order valence-electron chi connectivity index (χ0n) is 11.3. The van der Waals surface area contributed by atoms with Gasteiger partial charge in [-0.3, -0.25) is 0 Å². The number of benzene rings is 2. The van der Waals surface area contributed by atoms with Gasteiger partial charge in [-0.1, -0.05) is 71.7 Å². The van der Waals surface area contributed by atoms with Gasteiger partial charge in [0, 0.05) is 10.5 Å². The summed E-state index contributed by atoms with van der Waals surface area (Å²) in [7, 11) is 0. The van der Waals surface area contributed by atoms with Gasteiger partial charge in [-0.05, 0) is 35.6 Å². The summed E-state index contributed by atoms with van der Waals surface area (Å²) in [5.74, 6) is 0. The number of aryl methyl sites for hydroxylation is 1. The van der Waals surface area contributed by atoms with Gasteiger partial charge in [0.1, 0.15) is 0 Å². The molecular weight excluding hydrogens is 298 g/mol. The Hall–Kier alpha value is -1.12. The summed E-state index contributed by atoms with van der Waals surface area (Å²) >= 11 is 3.58. The lowest BCUT2D eigenvalue weighted by molar-refractivity contribution is 0.717. The Labute approximate surface area is 124 Å². The Balaban J connectivity index is 2.13. The molecule has 0 aromatic heterocycles. The average Bonchev–Trinajstić information content (AvgIpc) is 2.42. The Morgan fingerprint density at radius 1 is 1.11 bits per heavy atom. The fourth-order valence-corrected chi connectivity index (χ4v) is 2.73. The van der Waals surface area contributed by atoms with Crippen molar-refractivity contribution in [3.63, 3.8) is 0 Å². The van der Waals surface area contributed by atoms with Crippen LogP contribution in [-0.2, 0) is 12.8 Å². The fraction of sp³-hybridized carbons (Fsp3) is 0.294. The smallest absolute Gasteiger partial charge is 0.0336 e. The zero-order valence-corrected chi connectivity index (χ0v) is 12.9. The second kappa shape index (κ2) is 6.88. The molecule has 0 radical (unpaired) electrons. The van der Waals surface area contributed by atoms with Crippen molar-refractivity contribution in [1.29, 1.82) is 0 Å². The largest absolute Gasteiger partial charge is 0.324 e. The van der Waals surface area contributed by atoms with Crippen molar-refractivity contribution < 1.29 is 0 Å². The lowest BCUT2D eigenvalue weighted by Crippen LogP contribution is -2.13. The van der Waals surface area contributed by atoms with Crippen molar-refractivity contribution in [2.75, 3.05) is 0 Å². The minimum absolute atomic E-state index is 0.0514. The summed E-state index contributed by atoms with van der Waals surface area (Å²) in [5.41, 5.74) is 10.2. The predicted molar refractivity (Wildman–Crippen MR) is 85.2 cm³/mol. The molecular formula is C17H20BrN. The molecule has 100 valence electrons. The van der Waals surface area contributed by atoms with Crippen molar-refractivity contribution in [1.82, 2.24) is 0 Å². The maximum absolute atomic E-state index is 6.34. The quantitative estimate of drug-likeness (QED) is 0.853. The number of nitrogens with two attached hydrogens (primary N) is 1. The van der Waals surface area contributed by atoms with Gasteiger partial charge in [0.25, 0.3) is 0 Å². The molecule has 0 amide bonds. The topological polar surface area (TPSA) is 26.0 Å². The molecule has 2 heteroatoms. The Morgan fingerprint density at radius 3 is 2.63 bits per heavy atom. The second-order valence-corrected chi connectivity index (χ2v) is 5.75. The van der Waals surface area contributed by atoms with Crippen LogP contribution >= 0.6 is 15.9 Å². The SMILES string of the molecule is CCCc1cccc(C(N)Cc2ccccc2Br)c1. The van der Waals surface area contributed by atoms with Crippen molar-refractivity contribution in [3.05, 3.63) is 69.7 Å². The van der Waals surface area contributed by atoms with E-state index in [1.54, 1.807) is 0 Å². The van der Waals surface area contributed by atoms with E-state index in [1.165, 1.54) is 23.1 Å². The number of halogens is 1. The van der Waals surface area contributed by atoms with Gasteiger partial charge in [0.05, 0.1) is 0 Å². The van der Waals surface area contributed by atoms with Crippen LogP contribution in [0.2, 0.25) is 0 Å². The first kappa shape index (κ1) is 14.3. The molecule has 2 aromatic carbocycles. The first-order chi connectivity index (χ1) is 9.20. The molecule has 19 heavy (non-hydrogen) atoms. The second-order valence-electron chi connectivity index (χ2n) is 4.90. The van der Waals surface area contributed by atoms with Crippen LogP contribution in [0.15, 0.2) is 53.0 Å². The van der Waals surface area contributed by atoms with E-state index in [2.05, 4.69) is 65.3 Å². The van der Waals surface area contributed by atoms with E-state index in [9.17, 15) is 0 Å². The van der Waals surface area contributed by atoms with E-state index in [0.717, 1.165) is 17.3 Å². The highest BCUT2D eigenvalue weighted by Gasteiger charge is 2.09. The molecule has 2 rings (SSSR count).